The molecule has 3 nitrogen and oxygen atoms in total. The molecule has 2 N–H and O–H groups in total. The number of hydrazone groups is 1. The number of benzene rings is 2. The highest BCUT2D eigenvalue weighted by Crippen LogP contribution is 2.13. The van der Waals surface area contributed by atoms with E-state index in [9.17, 15) is 4.39 Å². The van der Waals surface area contributed by atoms with Gasteiger partial charge in [0.05, 0.1) is 12.8 Å². The van der Waals surface area contributed by atoms with Gasteiger partial charge in [0.1, 0.15) is 5.82 Å². The van der Waals surface area contributed by atoms with E-state index in [0.29, 0.717) is 22.8 Å². The number of nitrogens with one attached hydrogen (secondary N) is 2. The molecule has 0 aliphatic carbocycles. The molecule has 0 aromatic heterocycles. The maximum absolute atomic E-state index is 13.1. The maximum atomic E-state index is 13.1. The molecule has 0 spiro atoms. The van der Waals surface area contributed by atoms with E-state index in [4.69, 9.17) is 11.6 Å². The Morgan fingerprint density at radius 3 is 2.68 bits per heavy atom. The lowest BCUT2D eigenvalue weighted by Crippen LogP contribution is -2.14. The zero-order valence-electron chi connectivity index (χ0n) is 12.2. The van der Waals surface area contributed by atoms with E-state index in [1.807, 2.05) is 24.3 Å². The van der Waals surface area contributed by atoms with Crippen LogP contribution in [0.2, 0.25) is 5.02 Å². The van der Waals surface area contributed by atoms with Crippen LogP contribution in [0.3, 0.4) is 0 Å². The van der Waals surface area contributed by atoms with Crippen LogP contribution in [-0.2, 0) is 0 Å². The molecule has 0 aliphatic heterocycles. The van der Waals surface area contributed by atoms with Gasteiger partial charge in [0.25, 0.3) is 0 Å². The summed E-state index contributed by atoms with van der Waals surface area (Å²) >= 11 is 5.82. The summed E-state index contributed by atoms with van der Waals surface area (Å²) in [5, 5.41) is 7.97. The third kappa shape index (κ3) is 4.90. The Balaban J connectivity index is 1.80. The van der Waals surface area contributed by atoms with Gasteiger partial charge in [-0.05, 0) is 54.4 Å². The summed E-state index contributed by atoms with van der Waals surface area (Å²) in [6.45, 7) is 6.12. The van der Waals surface area contributed by atoms with Crippen molar-refractivity contribution in [3.05, 3.63) is 76.7 Å². The van der Waals surface area contributed by atoms with Crippen molar-refractivity contribution in [2.45, 2.75) is 6.92 Å². The quantitative estimate of drug-likeness (QED) is 0.614. The molecule has 0 unspecified atom stereocenters. The Kier molecular flexibility index (Phi) is 5.55. The molecule has 22 heavy (non-hydrogen) atoms. The van der Waals surface area contributed by atoms with Crippen LogP contribution in [0.25, 0.3) is 0 Å². The summed E-state index contributed by atoms with van der Waals surface area (Å²) in [7, 11) is 0. The van der Waals surface area contributed by atoms with E-state index in [-0.39, 0.29) is 5.82 Å². The SMILES string of the molecule is C=C(CNc1ccc(Cl)cc1)N/N=C/c1ccc(F)c(C)c1. The predicted octanol–water partition coefficient (Wildman–Crippen LogP) is 4.34. The summed E-state index contributed by atoms with van der Waals surface area (Å²) in [5.74, 6) is -0.221. The Hall–Kier alpha value is -2.33. The zero-order chi connectivity index (χ0) is 15.9. The van der Waals surface area contributed by atoms with Gasteiger partial charge in [-0.3, -0.25) is 5.43 Å². The van der Waals surface area contributed by atoms with E-state index in [1.165, 1.54) is 6.07 Å². The van der Waals surface area contributed by atoms with Crippen molar-refractivity contribution in [1.29, 1.82) is 0 Å². The summed E-state index contributed by atoms with van der Waals surface area (Å²) in [5.41, 5.74) is 5.92. The number of nitrogens with zero attached hydrogens (tertiary/aromatic N) is 1. The van der Waals surface area contributed by atoms with Gasteiger partial charge in [-0.25, -0.2) is 4.39 Å². The summed E-state index contributed by atoms with van der Waals surface area (Å²) in [6, 6.07) is 12.2. The predicted molar refractivity (Wildman–Crippen MR) is 90.9 cm³/mol. The molecule has 0 amide bonds. The molecule has 0 bridgehead atoms. The standard InChI is InChI=1S/C17H17ClFN3/c1-12-9-14(3-8-17(12)19)11-21-22-13(2)10-20-16-6-4-15(18)5-7-16/h3-9,11,20,22H,2,10H2,1H3/b21-11+. The molecule has 5 heteroatoms. The second kappa shape index (κ2) is 7.61. The lowest BCUT2D eigenvalue weighted by atomic mass is 10.1. The second-order valence-corrected chi connectivity index (χ2v) is 5.28. The average Bonchev–Trinajstić information content (AvgIpc) is 2.50. The third-order valence-electron chi connectivity index (χ3n) is 2.97. The first-order valence-corrected chi connectivity index (χ1v) is 7.15. The first-order chi connectivity index (χ1) is 10.5. The van der Waals surface area contributed by atoms with Crippen LogP contribution in [0, 0.1) is 12.7 Å². The molecule has 0 aliphatic rings. The molecule has 2 aromatic rings. The topological polar surface area (TPSA) is 36.4 Å². The normalized spacial score (nSPS) is 10.7. The minimum absolute atomic E-state index is 0.221. The molecule has 0 atom stereocenters. The molecule has 0 radical (unpaired) electrons. The van der Waals surface area contributed by atoms with Crippen molar-refractivity contribution in [3.63, 3.8) is 0 Å². The van der Waals surface area contributed by atoms with Crippen LogP contribution in [-0.4, -0.2) is 12.8 Å². The number of rotatable bonds is 6. The van der Waals surface area contributed by atoms with Crippen molar-refractivity contribution in [1.82, 2.24) is 5.43 Å². The van der Waals surface area contributed by atoms with Gasteiger partial charge in [-0.15, -0.1) is 0 Å². The Morgan fingerprint density at radius 2 is 2.00 bits per heavy atom. The van der Waals surface area contributed by atoms with Gasteiger partial charge >= 0.3 is 0 Å². The monoisotopic (exact) mass is 317 g/mol. The number of aryl methyl sites for hydroxylation is 1. The van der Waals surface area contributed by atoms with E-state index >= 15 is 0 Å². The second-order valence-electron chi connectivity index (χ2n) is 4.84. The van der Waals surface area contributed by atoms with E-state index < -0.39 is 0 Å². The third-order valence-corrected chi connectivity index (χ3v) is 3.22. The number of hydrogen-bond acceptors (Lipinski definition) is 3. The summed E-state index contributed by atoms with van der Waals surface area (Å²) in [6.07, 6.45) is 1.62. The lowest BCUT2D eigenvalue weighted by molar-refractivity contribution is 0.618. The number of anilines is 1. The van der Waals surface area contributed by atoms with Crippen LogP contribution < -0.4 is 10.7 Å². The fraction of sp³-hybridized carbons (Fsp3) is 0.118. The van der Waals surface area contributed by atoms with Gasteiger partial charge < -0.3 is 5.32 Å². The van der Waals surface area contributed by atoms with Gasteiger partial charge in [0.15, 0.2) is 0 Å². The smallest absolute Gasteiger partial charge is 0.126 e. The van der Waals surface area contributed by atoms with Crippen LogP contribution in [0.5, 0.6) is 0 Å². The molecule has 0 heterocycles. The van der Waals surface area contributed by atoms with Crippen LogP contribution in [0.1, 0.15) is 11.1 Å². The highest BCUT2D eigenvalue weighted by atomic mass is 35.5. The molecular formula is C17H17ClFN3. The van der Waals surface area contributed by atoms with E-state index in [0.717, 1.165) is 11.3 Å². The highest BCUT2D eigenvalue weighted by Gasteiger charge is 1.97. The molecule has 2 aromatic carbocycles. The molecular weight excluding hydrogens is 301 g/mol. The number of halogens is 2. The van der Waals surface area contributed by atoms with Crippen LogP contribution in [0.4, 0.5) is 10.1 Å². The van der Waals surface area contributed by atoms with Gasteiger partial charge in [0, 0.05) is 16.4 Å². The van der Waals surface area contributed by atoms with Gasteiger partial charge in [0.2, 0.25) is 0 Å². The molecule has 0 saturated heterocycles. The minimum atomic E-state index is -0.221. The van der Waals surface area contributed by atoms with Gasteiger partial charge in [-0.1, -0.05) is 24.2 Å². The molecule has 2 rings (SSSR count). The molecule has 0 fully saturated rings. The Morgan fingerprint density at radius 1 is 1.27 bits per heavy atom. The van der Waals surface area contributed by atoms with Crippen molar-refractivity contribution in [2.24, 2.45) is 5.10 Å². The van der Waals surface area contributed by atoms with Crippen molar-refractivity contribution in [3.8, 4) is 0 Å². The first kappa shape index (κ1) is 16.0. The number of hydrogen-bond donors (Lipinski definition) is 2. The lowest BCUT2D eigenvalue weighted by Gasteiger charge is -2.08. The fourth-order valence-corrected chi connectivity index (χ4v) is 1.89. The maximum Gasteiger partial charge on any atom is 0.126 e. The first-order valence-electron chi connectivity index (χ1n) is 6.77. The molecule has 0 saturated carbocycles. The summed E-state index contributed by atoms with van der Waals surface area (Å²) in [4.78, 5) is 0. The Bertz CT molecular complexity index is 681. The average molecular weight is 318 g/mol. The fourth-order valence-electron chi connectivity index (χ4n) is 1.76. The minimum Gasteiger partial charge on any atom is -0.379 e. The largest absolute Gasteiger partial charge is 0.379 e. The Labute approximate surface area is 134 Å². The van der Waals surface area contributed by atoms with Crippen molar-refractivity contribution in [2.75, 3.05) is 11.9 Å². The van der Waals surface area contributed by atoms with Crippen molar-refractivity contribution >= 4 is 23.5 Å². The van der Waals surface area contributed by atoms with Gasteiger partial charge in [-0.2, -0.15) is 5.10 Å². The van der Waals surface area contributed by atoms with Crippen LogP contribution in [0.15, 0.2) is 59.8 Å². The van der Waals surface area contributed by atoms with E-state index in [1.54, 1.807) is 25.3 Å². The zero-order valence-corrected chi connectivity index (χ0v) is 13.0. The summed E-state index contributed by atoms with van der Waals surface area (Å²) < 4.78 is 13.1. The van der Waals surface area contributed by atoms with E-state index in [2.05, 4.69) is 22.4 Å². The molecule has 114 valence electrons. The van der Waals surface area contributed by atoms with Crippen LogP contribution >= 0.6 is 11.6 Å². The van der Waals surface area contributed by atoms with Crippen molar-refractivity contribution < 1.29 is 4.39 Å². The highest BCUT2D eigenvalue weighted by molar-refractivity contribution is 6.30.